The van der Waals surface area contributed by atoms with Crippen molar-refractivity contribution in [2.45, 2.75) is 25.8 Å². The number of hydrogen-bond donors (Lipinski definition) is 2. The Morgan fingerprint density at radius 1 is 1.07 bits per heavy atom. The highest BCUT2D eigenvalue weighted by Crippen LogP contribution is 2.12. The number of carbonyl (C=O) groups is 2. The number of carbonyl (C=O) groups excluding carboxylic acids is 2. The molecule has 0 spiro atoms. The Balaban J connectivity index is 1.96. The van der Waals surface area contributed by atoms with Crippen LogP contribution in [-0.2, 0) is 11.3 Å². The molecule has 3 N–H and O–H groups in total. The number of benzene rings is 2. The van der Waals surface area contributed by atoms with Gasteiger partial charge in [-0.1, -0.05) is 24.6 Å². The minimum atomic E-state index is -0.491. The first-order valence-corrected chi connectivity index (χ1v) is 9.29. The van der Waals surface area contributed by atoms with E-state index in [0.717, 1.165) is 36.8 Å². The fourth-order valence-corrected chi connectivity index (χ4v) is 3.08. The van der Waals surface area contributed by atoms with E-state index in [2.05, 4.69) is 9.98 Å². The lowest BCUT2D eigenvalue weighted by molar-refractivity contribution is 0.0600. The van der Waals surface area contributed by atoms with Gasteiger partial charge in [0, 0.05) is 12.1 Å². The highest BCUT2D eigenvalue weighted by Gasteiger charge is 2.11. The third kappa shape index (κ3) is 4.37. The van der Waals surface area contributed by atoms with E-state index >= 15 is 0 Å². The molecule has 0 aliphatic carbocycles. The maximum absolute atomic E-state index is 12.7. The smallest absolute Gasteiger partial charge is 0.337 e. The number of nitrogens with two attached hydrogens (primary N) is 1. The number of esters is 1. The Morgan fingerprint density at radius 3 is 2.64 bits per heavy atom. The number of H-pyrrole nitrogens is 1. The Bertz CT molecular complexity index is 1050. The van der Waals surface area contributed by atoms with Gasteiger partial charge in [-0.15, -0.1) is 0 Å². The van der Waals surface area contributed by atoms with E-state index in [-0.39, 0.29) is 0 Å². The van der Waals surface area contributed by atoms with Crippen molar-refractivity contribution in [3.05, 3.63) is 65.3 Å². The van der Waals surface area contributed by atoms with E-state index < -0.39 is 11.9 Å². The maximum Gasteiger partial charge on any atom is 0.337 e. The van der Waals surface area contributed by atoms with Gasteiger partial charge in [0.1, 0.15) is 0 Å². The number of nitrogens with zero attached hydrogens (tertiary/aromatic N) is 2. The lowest BCUT2D eigenvalue weighted by atomic mass is 10.1. The Morgan fingerprint density at radius 2 is 1.86 bits per heavy atom. The molecule has 0 unspecified atom stereocenters. The fraction of sp³-hybridized carbons (Fsp3) is 0.286. The average molecular weight is 380 g/mol. The number of fused-ring (bicyclic) bond motifs is 1. The fourth-order valence-electron chi connectivity index (χ4n) is 3.08. The minimum absolute atomic E-state index is 0.315. The summed E-state index contributed by atoms with van der Waals surface area (Å²) in [5.41, 5.74) is 8.61. The number of para-hydroxylation sites is 2. The summed E-state index contributed by atoms with van der Waals surface area (Å²) in [6.07, 6.45) is 2.92. The van der Waals surface area contributed by atoms with Crippen LogP contribution >= 0.6 is 0 Å². The zero-order valence-corrected chi connectivity index (χ0v) is 15.9. The molecule has 0 aliphatic heterocycles. The van der Waals surface area contributed by atoms with Crippen molar-refractivity contribution in [2.24, 2.45) is 10.7 Å². The van der Waals surface area contributed by atoms with Gasteiger partial charge in [-0.3, -0.25) is 4.79 Å². The van der Waals surface area contributed by atoms with Crippen LogP contribution in [0.15, 0.2) is 53.5 Å². The molecule has 7 heteroatoms. The number of hydrogen-bond acceptors (Lipinski definition) is 4. The first-order valence-electron chi connectivity index (χ1n) is 9.29. The molecular formula is C21H24N4O3. The third-order valence-corrected chi connectivity index (χ3v) is 4.52. The number of aryl methyl sites for hydroxylation is 1. The number of nitrogens with one attached hydrogen (secondary N) is 1. The first kappa shape index (κ1) is 19.6. The molecule has 0 radical (unpaired) electrons. The van der Waals surface area contributed by atoms with Crippen LogP contribution in [0.5, 0.6) is 0 Å². The van der Waals surface area contributed by atoms with Gasteiger partial charge in [-0.25, -0.2) is 4.79 Å². The molecule has 1 amide bonds. The Labute approximate surface area is 162 Å². The molecule has 0 saturated carbocycles. The second-order valence-electron chi connectivity index (χ2n) is 6.46. The largest absolute Gasteiger partial charge is 0.465 e. The summed E-state index contributed by atoms with van der Waals surface area (Å²) in [6.45, 7) is 1.41. The normalized spacial score (nSPS) is 11.7. The summed E-state index contributed by atoms with van der Waals surface area (Å²) >= 11 is 0. The van der Waals surface area contributed by atoms with Crippen molar-refractivity contribution >= 4 is 22.9 Å². The van der Waals surface area contributed by atoms with E-state index in [4.69, 9.17) is 10.5 Å². The number of aromatic nitrogens is 2. The number of unbranched alkanes of at least 4 members (excludes halogenated alkanes) is 2. The molecule has 1 aromatic heterocycles. The van der Waals surface area contributed by atoms with Gasteiger partial charge >= 0.3 is 5.97 Å². The highest BCUT2D eigenvalue weighted by atomic mass is 16.5. The van der Waals surface area contributed by atoms with Crippen molar-refractivity contribution in [3.63, 3.8) is 0 Å². The molecule has 146 valence electrons. The highest BCUT2D eigenvalue weighted by molar-refractivity contribution is 5.98. The van der Waals surface area contributed by atoms with Crippen molar-refractivity contribution in [1.82, 2.24) is 9.55 Å². The van der Waals surface area contributed by atoms with Crippen LogP contribution in [0.2, 0.25) is 0 Å². The van der Waals surface area contributed by atoms with Gasteiger partial charge in [0.25, 0.3) is 5.91 Å². The topological polar surface area (TPSA) is 102 Å². The molecule has 0 aliphatic rings. The molecule has 1 heterocycles. The van der Waals surface area contributed by atoms with Crippen LogP contribution < -0.4 is 11.4 Å². The van der Waals surface area contributed by atoms with E-state index in [0.29, 0.717) is 23.3 Å². The predicted octanol–water partition coefficient (Wildman–Crippen LogP) is 2.63. The average Bonchev–Trinajstić information content (AvgIpc) is 3.07. The number of amides is 1. The molecule has 0 fully saturated rings. The molecule has 2 aromatic carbocycles. The zero-order chi connectivity index (χ0) is 19.9. The second kappa shape index (κ2) is 9.14. The summed E-state index contributed by atoms with van der Waals surface area (Å²) in [7, 11) is 1.30. The van der Waals surface area contributed by atoms with Gasteiger partial charge in [-0.05, 0) is 49.7 Å². The van der Waals surface area contributed by atoms with Crippen LogP contribution in [-0.4, -0.2) is 35.1 Å². The van der Waals surface area contributed by atoms with Crippen LogP contribution in [0.25, 0.3) is 11.0 Å². The van der Waals surface area contributed by atoms with Crippen LogP contribution in [0, 0.1) is 0 Å². The number of aromatic amines is 1. The Hall–Kier alpha value is -3.19. The first-order chi connectivity index (χ1) is 13.6. The molecule has 3 aromatic rings. The van der Waals surface area contributed by atoms with Crippen molar-refractivity contribution in [3.8, 4) is 0 Å². The zero-order valence-electron chi connectivity index (χ0n) is 15.9. The van der Waals surface area contributed by atoms with E-state index in [1.165, 1.54) is 13.2 Å². The molecule has 3 rings (SSSR count). The van der Waals surface area contributed by atoms with Crippen molar-refractivity contribution < 1.29 is 14.3 Å². The number of methoxy groups -OCH3 is 1. The van der Waals surface area contributed by atoms with Crippen molar-refractivity contribution in [1.29, 1.82) is 0 Å². The van der Waals surface area contributed by atoms with Crippen molar-refractivity contribution in [2.75, 3.05) is 13.7 Å². The lowest BCUT2D eigenvalue weighted by Crippen LogP contribution is -2.21. The van der Waals surface area contributed by atoms with Crippen LogP contribution in [0.4, 0.5) is 0 Å². The molecule has 0 bridgehead atoms. The Kier molecular flexibility index (Phi) is 6.39. The predicted molar refractivity (Wildman–Crippen MR) is 107 cm³/mol. The SMILES string of the molecule is COC(=O)c1cccc(C(=O)/N=c2\[nH]c3ccccc3n2CCCCCN)c1. The standard InChI is InChI=1S/C21H24N4O3/c1-28-20(27)16-9-7-8-15(14-16)19(26)24-21-23-17-10-3-4-11-18(17)25(21)13-6-2-5-12-22/h3-4,7-11,14H,2,5-6,12-13,22H2,1H3,(H,23,24,26). The minimum Gasteiger partial charge on any atom is -0.465 e. The van der Waals surface area contributed by atoms with E-state index in [1.54, 1.807) is 18.2 Å². The molecule has 0 atom stereocenters. The van der Waals surface area contributed by atoms with E-state index in [9.17, 15) is 9.59 Å². The maximum atomic E-state index is 12.7. The summed E-state index contributed by atoms with van der Waals surface area (Å²) < 4.78 is 6.72. The van der Waals surface area contributed by atoms with Gasteiger partial charge in [0.2, 0.25) is 5.62 Å². The summed E-state index contributed by atoms with van der Waals surface area (Å²) in [4.78, 5) is 31.9. The number of ether oxygens (including phenoxy) is 1. The number of rotatable bonds is 7. The lowest BCUT2D eigenvalue weighted by Gasteiger charge is -2.05. The molecule has 0 saturated heterocycles. The monoisotopic (exact) mass is 380 g/mol. The summed E-state index contributed by atoms with van der Waals surface area (Å²) in [5, 5.41) is 0. The summed E-state index contributed by atoms with van der Waals surface area (Å²) in [5.74, 6) is -0.914. The van der Waals surface area contributed by atoms with Crippen LogP contribution in [0.3, 0.4) is 0 Å². The van der Waals surface area contributed by atoms with Crippen LogP contribution in [0.1, 0.15) is 40.0 Å². The number of imidazole rings is 1. The summed E-state index contributed by atoms with van der Waals surface area (Å²) in [6, 6.07) is 14.2. The third-order valence-electron chi connectivity index (χ3n) is 4.52. The van der Waals surface area contributed by atoms with E-state index in [1.807, 2.05) is 28.8 Å². The second-order valence-corrected chi connectivity index (χ2v) is 6.46. The van der Waals surface area contributed by atoms with Gasteiger partial charge in [0.05, 0.1) is 23.7 Å². The quantitative estimate of drug-likeness (QED) is 0.486. The van der Waals surface area contributed by atoms with Gasteiger partial charge in [-0.2, -0.15) is 4.99 Å². The van der Waals surface area contributed by atoms with Gasteiger partial charge in [0.15, 0.2) is 0 Å². The molecular weight excluding hydrogens is 356 g/mol. The van der Waals surface area contributed by atoms with Gasteiger partial charge < -0.3 is 20.0 Å². The molecule has 28 heavy (non-hydrogen) atoms. The molecule has 7 nitrogen and oxygen atoms in total.